The Bertz CT molecular complexity index is 499. The summed E-state index contributed by atoms with van der Waals surface area (Å²) in [7, 11) is 0. The van der Waals surface area contributed by atoms with Crippen LogP contribution in [0.1, 0.15) is 17.2 Å². The average molecular weight is 271 g/mol. The smallest absolute Gasteiger partial charge is 0.197 e. The molecule has 1 unspecified atom stereocenters. The van der Waals surface area contributed by atoms with Crippen LogP contribution in [0.5, 0.6) is 0 Å². The van der Waals surface area contributed by atoms with Gasteiger partial charge in [0.1, 0.15) is 0 Å². The topological polar surface area (TPSA) is 51.2 Å². The highest BCUT2D eigenvalue weighted by Crippen LogP contribution is 2.28. The molecule has 1 heterocycles. The average Bonchev–Trinajstić information content (AvgIpc) is 2.75. The molecule has 3 N–H and O–H groups in total. The standard InChI is InChI=1S/C12H12Cl2N2O/c13-10-4-2-1-3-8(10)7-11(16-15)9-5-6-17-12(9)14/h1-6,11,16H,7,15H2. The van der Waals surface area contributed by atoms with Gasteiger partial charge in [-0.15, -0.1) is 0 Å². The number of hydrazine groups is 1. The summed E-state index contributed by atoms with van der Waals surface area (Å²) in [5, 5.41) is 1.06. The summed E-state index contributed by atoms with van der Waals surface area (Å²) >= 11 is 12.0. The normalized spacial score (nSPS) is 12.6. The number of hydrogen-bond acceptors (Lipinski definition) is 3. The number of furan rings is 1. The predicted octanol–water partition coefficient (Wildman–Crippen LogP) is 3.33. The van der Waals surface area contributed by atoms with E-state index in [4.69, 9.17) is 33.5 Å². The Balaban J connectivity index is 2.22. The van der Waals surface area contributed by atoms with Crippen molar-refractivity contribution in [2.75, 3.05) is 0 Å². The fourth-order valence-electron chi connectivity index (χ4n) is 1.70. The Morgan fingerprint density at radius 1 is 1.24 bits per heavy atom. The lowest BCUT2D eigenvalue weighted by Gasteiger charge is -2.15. The van der Waals surface area contributed by atoms with E-state index in [0.717, 1.165) is 11.1 Å². The van der Waals surface area contributed by atoms with Crippen LogP contribution in [-0.2, 0) is 6.42 Å². The van der Waals surface area contributed by atoms with Gasteiger partial charge in [0.2, 0.25) is 0 Å². The molecule has 3 nitrogen and oxygen atoms in total. The molecule has 0 radical (unpaired) electrons. The first-order valence-corrected chi connectivity index (χ1v) is 5.90. The van der Waals surface area contributed by atoms with Crippen molar-refractivity contribution in [1.82, 2.24) is 5.43 Å². The van der Waals surface area contributed by atoms with Gasteiger partial charge >= 0.3 is 0 Å². The molecule has 1 atom stereocenters. The van der Waals surface area contributed by atoms with Crippen molar-refractivity contribution in [2.45, 2.75) is 12.5 Å². The molecular formula is C12H12Cl2N2O. The molecule has 5 heteroatoms. The highest BCUT2D eigenvalue weighted by atomic mass is 35.5. The fourth-order valence-corrected chi connectivity index (χ4v) is 2.16. The second-order valence-electron chi connectivity index (χ2n) is 3.66. The summed E-state index contributed by atoms with van der Waals surface area (Å²) in [6, 6.07) is 9.31. The minimum Gasteiger partial charge on any atom is -0.453 e. The summed E-state index contributed by atoms with van der Waals surface area (Å²) in [4.78, 5) is 0. The van der Waals surface area contributed by atoms with Crippen LogP contribution in [-0.4, -0.2) is 0 Å². The van der Waals surface area contributed by atoms with Crippen LogP contribution in [0.3, 0.4) is 0 Å². The molecule has 2 aromatic rings. The summed E-state index contributed by atoms with van der Waals surface area (Å²) in [5.41, 5.74) is 4.55. The SMILES string of the molecule is NNC(Cc1ccccc1Cl)c1ccoc1Cl. The Labute approximate surface area is 109 Å². The molecule has 0 saturated carbocycles. The highest BCUT2D eigenvalue weighted by Gasteiger charge is 2.17. The first-order chi connectivity index (χ1) is 8.22. The lowest BCUT2D eigenvalue weighted by atomic mass is 10.0. The number of hydrogen-bond donors (Lipinski definition) is 2. The molecule has 17 heavy (non-hydrogen) atoms. The molecule has 0 spiro atoms. The molecule has 1 aromatic heterocycles. The minimum atomic E-state index is -0.124. The van der Waals surface area contributed by atoms with Crippen molar-refractivity contribution in [3.63, 3.8) is 0 Å². The summed E-state index contributed by atoms with van der Waals surface area (Å²) in [5.74, 6) is 5.54. The molecule has 0 fully saturated rings. The maximum Gasteiger partial charge on any atom is 0.197 e. The van der Waals surface area contributed by atoms with Gasteiger partial charge in [-0.2, -0.15) is 0 Å². The van der Waals surface area contributed by atoms with Crippen LogP contribution < -0.4 is 11.3 Å². The number of rotatable bonds is 4. The Morgan fingerprint density at radius 2 is 2.00 bits per heavy atom. The zero-order chi connectivity index (χ0) is 12.3. The second-order valence-corrected chi connectivity index (χ2v) is 4.41. The molecule has 0 aliphatic heterocycles. The van der Waals surface area contributed by atoms with Crippen molar-refractivity contribution in [2.24, 2.45) is 5.84 Å². The van der Waals surface area contributed by atoms with Crippen LogP contribution >= 0.6 is 23.2 Å². The molecule has 1 aromatic carbocycles. The fraction of sp³-hybridized carbons (Fsp3) is 0.167. The van der Waals surface area contributed by atoms with Gasteiger partial charge in [-0.1, -0.05) is 29.8 Å². The van der Waals surface area contributed by atoms with Gasteiger partial charge in [0.15, 0.2) is 5.22 Å². The van der Waals surface area contributed by atoms with Crippen LogP contribution in [0.2, 0.25) is 10.2 Å². The van der Waals surface area contributed by atoms with E-state index < -0.39 is 0 Å². The van der Waals surface area contributed by atoms with Gasteiger partial charge < -0.3 is 4.42 Å². The van der Waals surface area contributed by atoms with E-state index in [-0.39, 0.29) is 6.04 Å². The number of halogens is 2. The van der Waals surface area contributed by atoms with E-state index >= 15 is 0 Å². The second kappa shape index (κ2) is 5.56. The van der Waals surface area contributed by atoms with Crippen molar-refractivity contribution in [1.29, 1.82) is 0 Å². The zero-order valence-corrected chi connectivity index (χ0v) is 10.5. The third kappa shape index (κ3) is 2.82. The lowest BCUT2D eigenvalue weighted by molar-refractivity contribution is 0.527. The van der Waals surface area contributed by atoms with Crippen LogP contribution in [0.25, 0.3) is 0 Å². The number of nitrogens with one attached hydrogen (secondary N) is 1. The van der Waals surface area contributed by atoms with Gasteiger partial charge in [0.05, 0.1) is 12.3 Å². The molecule has 0 saturated heterocycles. The Hall–Kier alpha value is -1.00. The van der Waals surface area contributed by atoms with Gasteiger partial charge in [0.25, 0.3) is 0 Å². The number of benzene rings is 1. The highest BCUT2D eigenvalue weighted by molar-refractivity contribution is 6.31. The minimum absolute atomic E-state index is 0.124. The molecular weight excluding hydrogens is 259 g/mol. The van der Waals surface area contributed by atoms with E-state index in [2.05, 4.69) is 5.43 Å². The van der Waals surface area contributed by atoms with Crippen molar-refractivity contribution < 1.29 is 4.42 Å². The predicted molar refractivity (Wildman–Crippen MR) is 68.9 cm³/mol. The molecule has 0 bridgehead atoms. The monoisotopic (exact) mass is 270 g/mol. The molecule has 2 rings (SSSR count). The molecule has 0 amide bonds. The summed E-state index contributed by atoms with van der Waals surface area (Å²) < 4.78 is 5.05. The van der Waals surface area contributed by atoms with E-state index in [1.807, 2.05) is 24.3 Å². The van der Waals surface area contributed by atoms with Crippen molar-refractivity contribution in [3.8, 4) is 0 Å². The van der Waals surface area contributed by atoms with Crippen LogP contribution in [0, 0.1) is 0 Å². The van der Waals surface area contributed by atoms with Crippen LogP contribution in [0.15, 0.2) is 41.0 Å². The molecule has 0 aliphatic carbocycles. The van der Waals surface area contributed by atoms with Gasteiger partial charge in [-0.25, -0.2) is 0 Å². The Kier molecular flexibility index (Phi) is 4.07. The van der Waals surface area contributed by atoms with E-state index in [0.29, 0.717) is 16.7 Å². The van der Waals surface area contributed by atoms with E-state index in [1.165, 1.54) is 6.26 Å². The number of nitrogens with two attached hydrogens (primary N) is 1. The summed E-state index contributed by atoms with van der Waals surface area (Å²) in [6.45, 7) is 0. The van der Waals surface area contributed by atoms with E-state index in [9.17, 15) is 0 Å². The van der Waals surface area contributed by atoms with E-state index in [1.54, 1.807) is 6.07 Å². The third-order valence-corrected chi connectivity index (χ3v) is 3.28. The van der Waals surface area contributed by atoms with Crippen LogP contribution in [0.4, 0.5) is 0 Å². The quantitative estimate of drug-likeness (QED) is 0.662. The molecule has 90 valence electrons. The first-order valence-electron chi connectivity index (χ1n) is 5.14. The van der Waals surface area contributed by atoms with Crippen molar-refractivity contribution in [3.05, 3.63) is 58.0 Å². The lowest BCUT2D eigenvalue weighted by Crippen LogP contribution is -2.29. The van der Waals surface area contributed by atoms with Gasteiger partial charge in [0, 0.05) is 10.6 Å². The first kappa shape index (κ1) is 12.5. The van der Waals surface area contributed by atoms with Gasteiger partial charge in [-0.3, -0.25) is 11.3 Å². The maximum atomic E-state index is 6.10. The largest absolute Gasteiger partial charge is 0.453 e. The zero-order valence-electron chi connectivity index (χ0n) is 8.99. The summed E-state index contributed by atoms with van der Waals surface area (Å²) in [6.07, 6.45) is 2.18. The van der Waals surface area contributed by atoms with Gasteiger partial charge in [-0.05, 0) is 35.7 Å². The Morgan fingerprint density at radius 3 is 2.59 bits per heavy atom. The maximum absolute atomic E-state index is 6.10. The van der Waals surface area contributed by atoms with Crippen molar-refractivity contribution >= 4 is 23.2 Å². The molecule has 0 aliphatic rings. The third-order valence-electron chi connectivity index (χ3n) is 2.60.